The molecule has 1 aromatic rings. The van der Waals surface area contributed by atoms with E-state index in [-0.39, 0.29) is 17.8 Å². The van der Waals surface area contributed by atoms with Crippen LogP contribution in [0.2, 0.25) is 0 Å². The summed E-state index contributed by atoms with van der Waals surface area (Å²) in [4.78, 5) is 13.7. The normalized spacial score (nSPS) is 24.8. The Morgan fingerprint density at radius 3 is 2.83 bits per heavy atom. The topological polar surface area (TPSA) is 32.3 Å². The fourth-order valence-corrected chi connectivity index (χ4v) is 2.62. The average molecular weight is 267 g/mol. The summed E-state index contributed by atoms with van der Waals surface area (Å²) in [5, 5.41) is 2.99. The van der Waals surface area contributed by atoms with Crippen LogP contribution >= 0.6 is 11.6 Å². The lowest BCUT2D eigenvalue weighted by Gasteiger charge is -2.37. The van der Waals surface area contributed by atoms with E-state index < -0.39 is 0 Å². The summed E-state index contributed by atoms with van der Waals surface area (Å²) in [6.07, 6.45) is 1.94. The molecule has 1 aliphatic rings. The van der Waals surface area contributed by atoms with Gasteiger partial charge < -0.3 is 5.32 Å². The Morgan fingerprint density at radius 1 is 1.44 bits per heavy atom. The van der Waals surface area contributed by atoms with Crippen molar-refractivity contribution in [3.05, 3.63) is 35.9 Å². The van der Waals surface area contributed by atoms with Gasteiger partial charge in [0.05, 0.1) is 0 Å². The quantitative estimate of drug-likeness (QED) is 0.851. The molecule has 0 bridgehead atoms. The fraction of sp³-hybridized carbons (Fsp3) is 0.500. The maximum Gasteiger partial charge on any atom is 0.235 e. The van der Waals surface area contributed by atoms with Crippen LogP contribution in [0, 0.1) is 0 Å². The van der Waals surface area contributed by atoms with E-state index in [2.05, 4.69) is 41.5 Å². The van der Waals surface area contributed by atoms with Crippen molar-refractivity contribution >= 4 is 17.5 Å². The highest BCUT2D eigenvalue weighted by Gasteiger charge is 2.27. The van der Waals surface area contributed by atoms with Crippen molar-refractivity contribution < 1.29 is 4.79 Å². The summed E-state index contributed by atoms with van der Waals surface area (Å²) in [6.45, 7) is 0.993. The van der Waals surface area contributed by atoms with Gasteiger partial charge >= 0.3 is 0 Å². The predicted octanol–water partition coefficient (Wildman–Crippen LogP) is 2.18. The summed E-state index contributed by atoms with van der Waals surface area (Å²) in [5.41, 5.74) is 1.31. The van der Waals surface area contributed by atoms with Crippen molar-refractivity contribution in [2.24, 2.45) is 0 Å². The first-order chi connectivity index (χ1) is 8.70. The minimum atomic E-state index is -0.0713. The van der Waals surface area contributed by atoms with Gasteiger partial charge in [0.1, 0.15) is 5.88 Å². The molecule has 1 saturated heterocycles. The Hall–Kier alpha value is -1.06. The lowest BCUT2D eigenvalue weighted by atomic mass is 9.92. The number of rotatable bonds is 3. The van der Waals surface area contributed by atoms with E-state index in [0.717, 1.165) is 19.4 Å². The second-order valence-electron chi connectivity index (χ2n) is 4.83. The molecule has 4 heteroatoms. The lowest BCUT2D eigenvalue weighted by Crippen LogP contribution is -2.45. The van der Waals surface area contributed by atoms with E-state index in [1.165, 1.54) is 5.56 Å². The number of carbonyl (C=O) groups is 1. The van der Waals surface area contributed by atoms with Gasteiger partial charge in [-0.05, 0) is 25.5 Å². The van der Waals surface area contributed by atoms with Gasteiger partial charge in [0.15, 0.2) is 0 Å². The van der Waals surface area contributed by atoms with E-state index in [1.807, 2.05) is 6.07 Å². The minimum absolute atomic E-state index is 0.0440. The molecule has 2 unspecified atom stereocenters. The maximum atomic E-state index is 11.3. The Morgan fingerprint density at radius 2 is 2.17 bits per heavy atom. The third-order valence-electron chi connectivity index (χ3n) is 3.54. The van der Waals surface area contributed by atoms with Gasteiger partial charge in [0, 0.05) is 18.6 Å². The molecular formula is C14H19ClN2O. The Bertz CT molecular complexity index is 396. The van der Waals surface area contributed by atoms with Crippen LogP contribution in [0.4, 0.5) is 0 Å². The first-order valence-electron chi connectivity index (χ1n) is 6.31. The molecule has 0 spiro atoms. The molecular weight excluding hydrogens is 248 g/mol. The third-order valence-corrected chi connectivity index (χ3v) is 3.78. The number of nitrogens with zero attached hydrogens (tertiary/aromatic N) is 1. The van der Waals surface area contributed by atoms with Crippen molar-refractivity contribution in [1.29, 1.82) is 0 Å². The maximum absolute atomic E-state index is 11.3. The number of alkyl halides is 1. The van der Waals surface area contributed by atoms with Crippen molar-refractivity contribution in [1.82, 2.24) is 10.2 Å². The highest BCUT2D eigenvalue weighted by Crippen LogP contribution is 2.29. The molecule has 0 aliphatic carbocycles. The Balaban J connectivity index is 2.03. The number of likely N-dealkylation sites (tertiary alicyclic amines) is 1. The number of benzene rings is 1. The van der Waals surface area contributed by atoms with Gasteiger partial charge in [-0.2, -0.15) is 0 Å². The van der Waals surface area contributed by atoms with E-state index in [0.29, 0.717) is 6.04 Å². The van der Waals surface area contributed by atoms with Crippen LogP contribution in [0.1, 0.15) is 24.4 Å². The Kier molecular flexibility index (Phi) is 4.61. The van der Waals surface area contributed by atoms with E-state index >= 15 is 0 Å². The van der Waals surface area contributed by atoms with Gasteiger partial charge in [-0.25, -0.2) is 0 Å². The van der Waals surface area contributed by atoms with Crippen LogP contribution in [0.15, 0.2) is 30.3 Å². The monoisotopic (exact) mass is 266 g/mol. The van der Waals surface area contributed by atoms with Crippen LogP contribution in [-0.4, -0.2) is 36.3 Å². The van der Waals surface area contributed by atoms with Crippen LogP contribution in [0.3, 0.4) is 0 Å². The van der Waals surface area contributed by atoms with Crippen LogP contribution in [0.5, 0.6) is 0 Å². The lowest BCUT2D eigenvalue weighted by molar-refractivity contribution is -0.119. The van der Waals surface area contributed by atoms with E-state index in [9.17, 15) is 4.79 Å². The third kappa shape index (κ3) is 3.24. The SMILES string of the molecule is CN1CCC(NC(=O)CCl)CC1c1ccccc1. The molecule has 1 aliphatic heterocycles. The summed E-state index contributed by atoms with van der Waals surface area (Å²) < 4.78 is 0. The van der Waals surface area contributed by atoms with E-state index in [4.69, 9.17) is 11.6 Å². The molecule has 1 amide bonds. The second-order valence-corrected chi connectivity index (χ2v) is 5.10. The molecule has 0 saturated carbocycles. The predicted molar refractivity (Wildman–Crippen MR) is 73.7 cm³/mol. The van der Waals surface area contributed by atoms with Crippen molar-refractivity contribution in [3.8, 4) is 0 Å². The zero-order valence-electron chi connectivity index (χ0n) is 10.6. The van der Waals surface area contributed by atoms with Gasteiger partial charge in [0.2, 0.25) is 5.91 Å². The molecule has 0 aromatic heterocycles. The van der Waals surface area contributed by atoms with Crippen LogP contribution in [-0.2, 0) is 4.79 Å². The van der Waals surface area contributed by atoms with Gasteiger partial charge in [-0.15, -0.1) is 11.6 Å². The zero-order chi connectivity index (χ0) is 13.0. The molecule has 1 aromatic carbocycles. The van der Waals surface area contributed by atoms with Gasteiger partial charge in [-0.1, -0.05) is 30.3 Å². The standard InChI is InChI=1S/C14H19ClN2O/c1-17-8-7-12(16-14(18)10-15)9-13(17)11-5-3-2-4-6-11/h2-6,12-13H,7-10H2,1H3,(H,16,18). The van der Waals surface area contributed by atoms with Crippen LogP contribution < -0.4 is 5.32 Å². The molecule has 0 radical (unpaired) electrons. The summed E-state index contributed by atoms with van der Waals surface area (Å²) in [6, 6.07) is 11.0. The summed E-state index contributed by atoms with van der Waals surface area (Å²) in [5.74, 6) is -0.0273. The average Bonchev–Trinajstić information content (AvgIpc) is 2.42. The summed E-state index contributed by atoms with van der Waals surface area (Å²) >= 11 is 5.53. The largest absolute Gasteiger partial charge is 0.352 e. The van der Waals surface area contributed by atoms with Gasteiger partial charge in [0.25, 0.3) is 0 Å². The Labute approximate surface area is 113 Å². The molecule has 1 fully saturated rings. The summed E-state index contributed by atoms with van der Waals surface area (Å²) in [7, 11) is 2.14. The first kappa shape index (κ1) is 13.4. The fourth-order valence-electron chi connectivity index (χ4n) is 2.55. The van der Waals surface area contributed by atoms with Crippen molar-refractivity contribution in [2.45, 2.75) is 24.9 Å². The second kappa shape index (κ2) is 6.21. The molecule has 2 atom stereocenters. The molecule has 2 rings (SSSR count). The smallest absolute Gasteiger partial charge is 0.235 e. The number of amides is 1. The van der Waals surface area contributed by atoms with Gasteiger partial charge in [-0.3, -0.25) is 9.69 Å². The van der Waals surface area contributed by atoms with Crippen LogP contribution in [0.25, 0.3) is 0 Å². The van der Waals surface area contributed by atoms with E-state index in [1.54, 1.807) is 0 Å². The number of hydrogen-bond donors (Lipinski definition) is 1. The first-order valence-corrected chi connectivity index (χ1v) is 6.84. The zero-order valence-corrected chi connectivity index (χ0v) is 11.4. The number of hydrogen-bond acceptors (Lipinski definition) is 2. The molecule has 3 nitrogen and oxygen atoms in total. The number of halogens is 1. The van der Waals surface area contributed by atoms with Crippen molar-refractivity contribution in [2.75, 3.05) is 19.5 Å². The number of nitrogens with one attached hydrogen (secondary N) is 1. The van der Waals surface area contributed by atoms with Crippen molar-refractivity contribution in [3.63, 3.8) is 0 Å². The minimum Gasteiger partial charge on any atom is -0.352 e. The molecule has 18 heavy (non-hydrogen) atoms. The molecule has 1 N–H and O–H groups in total. The highest BCUT2D eigenvalue weighted by atomic mass is 35.5. The molecule has 1 heterocycles. The highest BCUT2D eigenvalue weighted by molar-refractivity contribution is 6.27. The molecule has 98 valence electrons. The number of carbonyl (C=O) groups excluding carboxylic acids is 1. The number of piperidine rings is 1.